The Morgan fingerprint density at radius 1 is 0.152 bits per heavy atom. The highest BCUT2D eigenvalue weighted by molar-refractivity contribution is 6.13. The van der Waals surface area contributed by atoms with Gasteiger partial charge in [0.25, 0.3) is 0 Å². The van der Waals surface area contributed by atoms with E-state index < -0.39 is 0 Å². The summed E-state index contributed by atoms with van der Waals surface area (Å²) < 4.78 is 6.52. The summed E-state index contributed by atoms with van der Waals surface area (Å²) in [7, 11) is 0. The van der Waals surface area contributed by atoms with Gasteiger partial charge in [0.15, 0.2) is 17.5 Å². The van der Waals surface area contributed by atoms with Crippen LogP contribution in [0.15, 0.2) is 328 Å². The first kappa shape index (κ1) is 56.8. The summed E-state index contributed by atoms with van der Waals surface area (Å²) in [5.41, 5.74) is 19.1. The molecule has 0 N–H and O–H groups in total. The monoisotopic (exact) mass is 1270 g/mol. The van der Waals surface area contributed by atoms with Crippen LogP contribution >= 0.6 is 0 Å². The Kier molecular flexibility index (Phi) is 13.6. The third-order valence-corrected chi connectivity index (χ3v) is 18.6. The lowest BCUT2D eigenvalue weighted by molar-refractivity contribution is 0.995. The molecule has 12 heteroatoms. The minimum Gasteiger partial charge on any atom is -0.278 e. The lowest BCUT2D eigenvalue weighted by Crippen LogP contribution is -2.04. The number of hydrogen-bond donors (Lipinski definition) is 0. The van der Waals surface area contributed by atoms with E-state index >= 15 is 0 Å². The Bertz CT molecular complexity index is 5530. The van der Waals surface area contributed by atoms with Crippen LogP contribution in [0.3, 0.4) is 0 Å². The lowest BCUT2D eigenvalue weighted by Gasteiger charge is -2.12. The maximum Gasteiger partial charge on any atom is 0.235 e. The van der Waals surface area contributed by atoms with Crippen LogP contribution in [-0.2, 0) is 0 Å². The lowest BCUT2D eigenvalue weighted by atomic mass is 10.1. The van der Waals surface area contributed by atoms with Gasteiger partial charge in [-0.05, 0) is 91.0 Å². The number of benzene rings is 12. The summed E-state index contributed by atoms with van der Waals surface area (Å²) in [5.74, 6) is 3.20. The molecule has 0 aliphatic heterocycles. The van der Waals surface area contributed by atoms with Gasteiger partial charge in [0.2, 0.25) is 17.8 Å². The second-order valence-electron chi connectivity index (χ2n) is 24.6. The molecule has 0 unspecified atom stereocenters. The molecule has 12 nitrogen and oxygen atoms in total. The number of fused-ring (bicyclic) bond motifs is 9. The summed E-state index contributed by atoms with van der Waals surface area (Å²) >= 11 is 0. The molecular weight excluding hydrogens is 1210 g/mol. The van der Waals surface area contributed by atoms with Crippen LogP contribution in [0.2, 0.25) is 0 Å². The Morgan fingerprint density at radius 3 is 0.586 bits per heavy atom. The van der Waals surface area contributed by atoms with Crippen molar-refractivity contribution in [3.05, 3.63) is 328 Å². The smallest absolute Gasteiger partial charge is 0.235 e. The Hall–Kier alpha value is -13.7. The average molecular weight is 1270 g/mol. The molecule has 0 atom stereocenters. The predicted octanol–water partition coefficient (Wildman–Crippen LogP) is 20.5. The zero-order chi connectivity index (χ0) is 65.3. The van der Waals surface area contributed by atoms with E-state index in [0.717, 1.165) is 150 Å². The maximum atomic E-state index is 5.50. The van der Waals surface area contributed by atoms with Crippen LogP contribution in [-0.4, -0.2) is 58.6 Å². The van der Waals surface area contributed by atoms with Crippen molar-refractivity contribution in [3.8, 4) is 120 Å². The van der Waals surface area contributed by atoms with Crippen molar-refractivity contribution in [1.82, 2.24) is 58.6 Å². The quantitative estimate of drug-likeness (QED) is 0.117. The molecule has 0 radical (unpaired) electrons. The van der Waals surface area contributed by atoms with Gasteiger partial charge in [-0.15, -0.1) is 0 Å². The molecule has 0 aliphatic rings. The highest BCUT2D eigenvalue weighted by Crippen LogP contribution is 2.41. The van der Waals surface area contributed by atoms with Crippen molar-refractivity contribution in [2.75, 3.05) is 0 Å². The first-order chi connectivity index (χ1) is 49.0. The van der Waals surface area contributed by atoms with Crippen molar-refractivity contribution in [2.24, 2.45) is 0 Å². The molecule has 0 aliphatic carbocycles. The van der Waals surface area contributed by atoms with Crippen LogP contribution in [0.25, 0.3) is 185 Å². The third-order valence-electron chi connectivity index (χ3n) is 18.6. The normalized spacial score (nSPS) is 11.6. The summed E-state index contributed by atoms with van der Waals surface area (Å²) in [5, 5.41) is 6.08. The van der Waals surface area contributed by atoms with E-state index in [-0.39, 0.29) is 0 Å². The Morgan fingerprint density at radius 2 is 0.354 bits per heavy atom. The van der Waals surface area contributed by atoms with Crippen molar-refractivity contribution in [2.45, 2.75) is 0 Å². The summed E-state index contributed by atoms with van der Waals surface area (Å²) in [6.07, 6.45) is 0. The van der Waals surface area contributed by atoms with E-state index in [1.807, 2.05) is 109 Å². The molecule has 7 aromatic heterocycles. The van der Waals surface area contributed by atoms with Gasteiger partial charge in [-0.2, -0.15) is 0 Å². The molecule has 12 aromatic carbocycles. The number of rotatable bonds is 12. The molecular formula is C87H54N12. The van der Waals surface area contributed by atoms with E-state index in [2.05, 4.69) is 232 Å². The summed E-state index contributed by atoms with van der Waals surface area (Å²) in [6, 6.07) is 113. The van der Waals surface area contributed by atoms with Gasteiger partial charge in [-0.1, -0.05) is 237 Å². The third kappa shape index (κ3) is 10.1. The van der Waals surface area contributed by atoms with Gasteiger partial charge in [0.1, 0.15) is 0 Å². The molecule has 7 heterocycles. The predicted molar refractivity (Wildman–Crippen MR) is 399 cm³/mol. The van der Waals surface area contributed by atoms with Gasteiger partial charge < -0.3 is 0 Å². The molecule has 0 saturated carbocycles. The molecule has 19 aromatic rings. The molecule has 0 amide bonds. The zero-order valence-corrected chi connectivity index (χ0v) is 53.0. The van der Waals surface area contributed by atoms with Gasteiger partial charge in [0, 0.05) is 82.4 Å². The van der Waals surface area contributed by atoms with Gasteiger partial charge in [0.05, 0.1) is 67.3 Å². The van der Waals surface area contributed by atoms with E-state index in [9.17, 15) is 0 Å². The van der Waals surface area contributed by atoms with Gasteiger partial charge in [-0.3, -0.25) is 13.7 Å². The van der Waals surface area contributed by atoms with Gasteiger partial charge >= 0.3 is 0 Å². The van der Waals surface area contributed by atoms with Gasteiger partial charge in [-0.25, -0.2) is 44.9 Å². The standard InChI is InChI=1S/C87H54N12/c1-7-25-55(26-8-1)70-52-71(56-27-9-2-10-28-56)89-85(88-70)97-76-40-22-19-37-64(76)67-49-61(43-46-79(67)97)82-94-83(62-44-47-80-68(50-62)65-38-20-23-41-77(65)98(80)86-90-72(57-29-11-3-12-30-57)53-73(91-86)58-31-13-4-14-32-58)96-84(95-82)63-45-48-81-69(51-63)66-39-21-24-42-78(66)99(81)87-92-74(59-33-15-5-16-34-59)54-75(93-87)60-35-17-6-18-36-60/h1-54H. The molecule has 462 valence electrons. The highest BCUT2D eigenvalue weighted by atomic mass is 15.2. The van der Waals surface area contributed by atoms with Crippen LogP contribution < -0.4 is 0 Å². The van der Waals surface area contributed by atoms with Crippen LogP contribution in [0.1, 0.15) is 0 Å². The molecule has 0 fully saturated rings. The minimum absolute atomic E-state index is 0.506. The number of nitrogens with zero attached hydrogens (tertiary/aromatic N) is 12. The van der Waals surface area contributed by atoms with Crippen molar-refractivity contribution in [1.29, 1.82) is 0 Å². The molecule has 0 bridgehead atoms. The van der Waals surface area contributed by atoms with Crippen LogP contribution in [0, 0.1) is 0 Å². The first-order valence-corrected chi connectivity index (χ1v) is 32.9. The van der Waals surface area contributed by atoms with Crippen molar-refractivity contribution < 1.29 is 0 Å². The Balaban J connectivity index is 0.808. The minimum atomic E-state index is 0.506. The Labute approximate surface area is 567 Å². The molecule has 0 spiro atoms. The number of aromatic nitrogens is 12. The molecule has 0 saturated heterocycles. The van der Waals surface area contributed by atoms with Crippen molar-refractivity contribution in [3.63, 3.8) is 0 Å². The number of hydrogen-bond acceptors (Lipinski definition) is 9. The van der Waals surface area contributed by atoms with E-state index in [0.29, 0.717) is 35.3 Å². The van der Waals surface area contributed by atoms with Crippen molar-refractivity contribution >= 4 is 65.4 Å². The second-order valence-corrected chi connectivity index (χ2v) is 24.6. The summed E-state index contributed by atoms with van der Waals surface area (Å²) in [6.45, 7) is 0. The first-order valence-electron chi connectivity index (χ1n) is 32.9. The largest absolute Gasteiger partial charge is 0.278 e. The van der Waals surface area contributed by atoms with E-state index in [1.54, 1.807) is 0 Å². The molecule has 99 heavy (non-hydrogen) atoms. The fourth-order valence-electron chi connectivity index (χ4n) is 13.9. The van der Waals surface area contributed by atoms with E-state index in [1.165, 1.54) is 0 Å². The van der Waals surface area contributed by atoms with Crippen LogP contribution in [0.5, 0.6) is 0 Å². The SMILES string of the molecule is c1ccc(-c2cc(-c3ccccc3)nc(-n3c4ccccc4c4cc(-c5nc(-c6ccc7c(c6)c6ccccc6n7-c6nc(-c7ccccc7)cc(-c7ccccc7)n6)nc(-c6ccc7c(c6)c6ccccc6n7-c6nc(-c7ccccc7)cc(-c7ccccc7)n6)n5)ccc43)n2)cc1. The molecule has 19 rings (SSSR count). The average Bonchev–Trinajstić information content (AvgIpc) is 1.61. The zero-order valence-electron chi connectivity index (χ0n) is 53.0. The maximum absolute atomic E-state index is 5.50. The fourth-order valence-corrected chi connectivity index (χ4v) is 13.9. The second kappa shape index (κ2) is 23.6. The van der Waals surface area contributed by atoms with Crippen LogP contribution in [0.4, 0.5) is 0 Å². The summed E-state index contributed by atoms with van der Waals surface area (Å²) in [4.78, 5) is 48.5. The van der Waals surface area contributed by atoms with E-state index in [4.69, 9.17) is 44.9 Å². The highest BCUT2D eigenvalue weighted by Gasteiger charge is 2.24. The number of para-hydroxylation sites is 3. The topological polar surface area (TPSA) is 131 Å². The fraction of sp³-hybridized carbons (Fsp3) is 0.